The predicted molar refractivity (Wildman–Crippen MR) is 55.5 cm³/mol. The summed E-state index contributed by atoms with van der Waals surface area (Å²) in [6, 6.07) is -0.310. The van der Waals surface area contributed by atoms with E-state index >= 15 is 0 Å². The lowest BCUT2D eigenvalue weighted by Gasteiger charge is -2.32. The van der Waals surface area contributed by atoms with E-state index in [2.05, 4.69) is 5.32 Å². The van der Waals surface area contributed by atoms with Gasteiger partial charge in [-0.15, -0.1) is 0 Å². The third kappa shape index (κ3) is 3.60. The molecule has 1 heterocycles. The minimum absolute atomic E-state index is 0.0431. The molecule has 15 heavy (non-hydrogen) atoms. The quantitative estimate of drug-likeness (QED) is 0.622. The molecule has 1 rings (SSSR count). The van der Waals surface area contributed by atoms with E-state index in [1.54, 1.807) is 0 Å². The molecule has 0 aromatic carbocycles. The maximum atomic E-state index is 11.7. The first kappa shape index (κ1) is 12.1. The van der Waals surface area contributed by atoms with Crippen LogP contribution in [-0.2, 0) is 14.3 Å². The molecular weight excluding hydrogens is 196 g/mol. The van der Waals surface area contributed by atoms with E-state index in [9.17, 15) is 9.59 Å². The molecule has 5 heteroatoms. The molecule has 0 saturated carbocycles. The summed E-state index contributed by atoms with van der Waals surface area (Å²) in [4.78, 5) is 24.0. The van der Waals surface area contributed by atoms with Gasteiger partial charge >= 0.3 is 0 Å². The summed E-state index contributed by atoms with van der Waals surface area (Å²) in [7, 11) is 0. The molecule has 1 aliphatic rings. The lowest BCUT2D eigenvalue weighted by molar-refractivity contribution is -0.133. The highest BCUT2D eigenvalue weighted by Crippen LogP contribution is 2.05. The van der Waals surface area contributed by atoms with E-state index in [1.807, 2.05) is 11.8 Å². The van der Waals surface area contributed by atoms with Gasteiger partial charge in [0.25, 0.3) is 0 Å². The molecule has 1 amide bonds. The number of hydrogen-bond acceptors (Lipinski definition) is 4. The topological polar surface area (TPSA) is 58.6 Å². The van der Waals surface area contributed by atoms with Gasteiger partial charge in [-0.05, 0) is 6.42 Å². The Labute approximate surface area is 89.8 Å². The Bertz CT molecular complexity index is 221. The van der Waals surface area contributed by atoms with Crippen LogP contribution in [0.4, 0.5) is 0 Å². The van der Waals surface area contributed by atoms with Gasteiger partial charge in [-0.2, -0.15) is 0 Å². The van der Waals surface area contributed by atoms with Crippen molar-refractivity contribution in [2.45, 2.75) is 19.4 Å². The fourth-order valence-corrected chi connectivity index (χ4v) is 1.56. The first-order valence-corrected chi connectivity index (χ1v) is 5.32. The zero-order chi connectivity index (χ0) is 11.1. The monoisotopic (exact) mass is 214 g/mol. The van der Waals surface area contributed by atoms with Crippen LogP contribution in [0.25, 0.3) is 0 Å². The van der Waals surface area contributed by atoms with Crippen molar-refractivity contribution in [3.8, 4) is 0 Å². The van der Waals surface area contributed by atoms with Crippen molar-refractivity contribution in [1.82, 2.24) is 10.2 Å². The number of carbonyl (C=O) groups excluding carboxylic acids is 2. The maximum Gasteiger partial charge on any atom is 0.239 e. The molecule has 0 bridgehead atoms. The Morgan fingerprint density at radius 3 is 3.13 bits per heavy atom. The van der Waals surface area contributed by atoms with Crippen molar-refractivity contribution in [3.63, 3.8) is 0 Å². The highest BCUT2D eigenvalue weighted by molar-refractivity contribution is 5.82. The van der Waals surface area contributed by atoms with Crippen LogP contribution in [0.2, 0.25) is 0 Å². The Balaban J connectivity index is 2.47. The Kier molecular flexibility index (Phi) is 5.28. The SMILES string of the molecule is CCCNC(=O)C1COCCN1CC=O. The van der Waals surface area contributed by atoms with Crippen LogP contribution < -0.4 is 5.32 Å². The summed E-state index contributed by atoms with van der Waals surface area (Å²) in [6.45, 7) is 4.58. The minimum atomic E-state index is -0.310. The molecular formula is C10H18N2O3. The van der Waals surface area contributed by atoms with Gasteiger partial charge in [-0.25, -0.2) is 0 Å². The normalized spacial score (nSPS) is 22.3. The van der Waals surface area contributed by atoms with Gasteiger partial charge in [0.05, 0.1) is 19.8 Å². The number of hydrogen-bond donors (Lipinski definition) is 1. The average molecular weight is 214 g/mol. The van der Waals surface area contributed by atoms with Crippen molar-refractivity contribution in [1.29, 1.82) is 0 Å². The second-order valence-electron chi connectivity index (χ2n) is 3.54. The van der Waals surface area contributed by atoms with Crippen LogP contribution in [0.1, 0.15) is 13.3 Å². The summed E-state index contributed by atoms with van der Waals surface area (Å²) in [5.41, 5.74) is 0. The van der Waals surface area contributed by atoms with E-state index in [1.165, 1.54) is 0 Å². The molecule has 5 nitrogen and oxygen atoms in total. The van der Waals surface area contributed by atoms with Gasteiger partial charge in [0, 0.05) is 13.1 Å². The molecule has 0 aromatic heterocycles. The summed E-state index contributed by atoms with van der Waals surface area (Å²) >= 11 is 0. The zero-order valence-electron chi connectivity index (χ0n) is 9.07. The first-order chi connectivity index (χ1) is 7.29. The van der Waals surface area contributed by atoms with Gasteiger partial charge in [0.1, 0.15) is 12.3 Å². The summed E-state index contributed by atoms with van der Waals surface area (Å²) in [5.74, 6) is -0.0431. The molecule has 86 valence electrons. The fraction of sp³-hybridized carbons (Fsp3) is 0.800. The number of amides is 1. The Hall–Kier alpha value is -0.940. The number of rotatable bonds is 5. The predicted octanol–water partition coefficient (Wildman–Crippen LogP) is -0.588. The van der Waals surface area contributed by atoms with Crippen molar-refractivity contribution in [2.75, 3.05) is 32.8 Å². The Morgan fingerprint density at radius 2 is 2.47 bits per heavy atom. The summed E-state index contributed by atoms with van der Waals surface area (Å²) in [6.07, 6.45) is 1.73. The van der Waals surface area contributed by atoms with Crippen LogP contribution in [0.3, 0.4) is 0 Å². The molecule has 1 fully saturated rings. The zero-order valence-corrected chi connectivity index (χ0v) is 9.07. The molecule has 1 atom stereocenters. The number of morpholine rings is 1. The number of ether oxygens (including phenoxy) is 1. The molecule has 1 unspecified atom stereocenters. The smallest absolute Gasteiger partial charge is 0.239 e. The van der Waals surface area contributed by atoms with E-state index in [0.29, 0.717) is 32.8 Å². The van der Waals surface area contributed by atoms with Gasteiger partial charge < -0.3 is 14.8 Å². The van der Waals surface area contributed by atoms with Crippen LogP contribution >= 0.6 is 0 Å². The van der Waals surface area contributed by atoms with Gasteiger partial charge in [-0.1, -0.05) is 6.92 Å². The molecule has 1 saturated heterocycles. The van der Waals surface area contributed by atoms with Crippen molar-refractivity contribution < 1.29 is 14.3 Å². The standard InChI is InChI=1S/C10H18N2O3/c1-2-3-11-10(14)9-8-15-7-5-12(9)4-6-13/h6,9H,2-5,7-8H2,1H3,(H,11,14). The molecule has 0 aliphatic carbocycles. The minimum Gasteiger partial charge on any atom is -0.378 e. The van der Waals surface area contributed by atoms with Gasteiger partial charge in [-0.3, -0.25) is 9.69 Å². The highest BCUT2D eigenvalue weighted by atomic mass is 16.5. The lowest BCUT2D eigenvalue weighted by atomic mass is 10.2. The van der Waals surface area contributed by atoms with E-state index in [-0.39, 0.29) is 11.9 Å². The molecule has 0 spiro atoms. The van der Waals surface area contributed by atoms with Gasteiger partial charge in [0.15, 0.2) is 0 Å². The van der Waals surface area contributed by atoms with E-state index in [0.717, 1.165) is 12.7 Å². The third-order valence-corrected chi connectivity index (χ3v) is 2.40. The molecule has 1 N–H and O–H groups in total. The van der Waals surface area contributed by atoms with Crippen molar-refractivity contribution >= 4 is 12.2 Å². The molecule has 0 radical (unpaired) electrons. The number of nitrogens with zero attached hydrogens (tertiary/aromatic N) is 1. The second-order valence-corrected chi connectivity index (χ2v) is 3.54. The highest BCUT2D eigenvalue weighted by Gasteiger charge is 2.28. The average Bonchev–Trinajstić information content (AvgIpc) is 2.27. The second kappa shape index (κ2) is 6.53. The summed E-state index contributed by atoms with van der Waals surface area (Å²) < 4.78 is 5.24. The Morgan fingerprint density at radius 1 is 1.67 bits per heavy atom. The van der Waals surface area contributed by atoms with Crippen molar-refractivity contribution in [3.05, 3.63) is 0 Å². The van der Waals surface area contributed by atoms with E-state index in [4.69, 9.17) is 4.74 Å². The van der Waals surface area contributed by atoms with Crippen molar-refractivity contribution in [2.24, 2.45) is 0 Å². The van der Waals surface area contributed by atoms with Crippen LogP contribution in [0.15, 0.2) is 0 Å². The van der Waals surface area contributed by atoms with E-state index < -0.39 is 0 Å². The number of carbonyl (C=O) groups is 2. The largest absolute Gasteiger partial charge is 0.378 e. The van der Waals surface area contributed by atoms with Crippen LogP contribution in [0, 0.1) is 0 Å². The third-order valence-electron chi connectivity index (χ3n) is 2.40. The van der Waals surface area contributed by atoms with Crippen LogP contribution in [-0.4, -0.2) is 56.0 Å². The number of aldehydes is 1. The fourth-order valence-electron chi connectivity index (χ4n) is 1.56. The molecule has 0 aromatic rings. The lowest BCUT2D eigenvalue weighted by Crippen LogP contribution is -2.54. The number of nitrogens with one attached hydrogen (secondary N) is 1. The van der Waals surface area contributed by atoms with Crippen LogP contribution in [0.5, 0.6) is 0 Å². The van der Waals surface area contributed by atoms with Gasteiger partial charge in [0.2, 0.25) is 5.91 Å². The summed E-state index contributed by atoms with van der Waals surface area (Å²) in [5, 5.41) is 2.81. The first-order valence-electron chi connectivity index (χ1n) is 5.32. The maximum absolute atomic E-state index is 11.7. The molecule has 1 aliphatic heterocycles.